The van der Waals surface area contributed by atoms with E-state index in [2.05, 4.69) is 41.5 Å². The summed E-state index contributed by atoms with van der Waals surface area (Å²) in [6.45, 7) is 4.60. The summed E-state index contributed by atoms with van der Waals surface area (Å²) in [5, 5.41) is 4.39. The number of hydrogen-bond donors (Lipinski definition) is 2. The Hall–Kier alpha value is -1.32. The van der Waals surface area contributed by atoms with Gasteiger partial charge in [-0.15, -0.1) is 0 Å². The molecule has 0 saturated carbocycles. The summed E-state index contributed by atoms with van der Waals surface area (Å²) in [6, 6.07) is 8.43. The molecule has 0 fully saturated rings. The molecule has 1 heterocycles. The van der Waals surface area contributed by atoms with Crippen LogP contribution in [0.3, 0.4) is 0 Å². The van der Waals surface area contributed by atoms with Crippen LogP contribution >= 0.6 is 0 Å². The van der Waals surface area contributed by atoms with E-state index in [4.69, 9.17) is 4.74 Å². The molecular weight excluding hydrogens is 212 g/mol. The van der Waals surface area contributed by atoms with Gasteiger partial charge in [-0.3, -0.25) is 0 Å². The summed E-state index contributed by atoms with van der Waals surface area (Å²) < 4.78 is 5.57. The van der Waals surface area contributed by atoms with Gasteiger partial charge in [0.1, 0.15) is 0 Å². The van der Waals surface area contributed by atoms with E-state index < -0.39 is 0 Å². The van der Waals surface area contributed by atoms with Crippen molar-refractivity contribution in [3.8, 4) is 0 Å². The Morgan fingerprint density at radius 2 is 2.06 bits per heavy atom. The van der Waals surface area contributed by atoms with Crippen LogP contribution in [0.1, 0.15) is 11.3 Å². The molecule has 2 N–H and O–H groups in total. The maximum atomic E-state index is 5.57. The van der Waals surface area contributed by atoms with Gasteiger partial charge in [-0.05, 0) is 32.0 Å². The van der Waals surface area contributed by atoms with Crippen molar-refractivity contribution in [1.82, 2.24) is 10.3 Å². The first-order valence-corrected chi connectivity index (χ1v) is 6.11. The van der Waals surface area contributed by atoms with Gasteiger partial charge in [-0.1, -0.05) is 18.2 Å². The minimum atomic E-state index is 0.776. The van der Waals surface area contributed by atoms with Crippen molar-refractivity contribution in [3.63, 3.8) is 0 Å². The second-order valence-electron chi connectivity index (χ2n) is 4.24. The van der Waals surface area contributed by atoms with Crippen LogP contribution in [0.25, 0.3) is 10.9 Å². The second kappa shape index (κ2) is 5.84. The minimum Gasteiger partial charge on any atom is -0.380 e. The summed E-state index contributed by atoms with van der Waals surface area (Å²) in [5.41, 5.74) is 3.85. The molecule has 1 aromatic carbocycles. The van der Waals surface area contributed by atoms with E-state index >= 15 is 0 Å². The SMILES string of the molecule is CNCCOCCc1c(C)[nH]c2ccccc12. The van der Waals surface area contributed by atoms with Gasteiger partial charge in [0.05, 0.1) is 13.2 Å². The van der Waals surface area contributed by atoms with Gasteiger partial charge in [0.2, 0.25) is 0 Å². The summed E-state index contributed by atoms with van der Waals surface area (Å²) >= 11 is 0. The predicted octanol–water partition coefficient (Wildman–Crippen LogP) is 2.25. The van der Waals surface area contributed by atoms with Gasteiger partial charge in [0.15, 0.2) is 0 Å². The molecule has 0 spiro atoms. The van der Waals surface area contributed by atoms with Crippen LogP contribution in [0.15, 0.2) is 24.3 Å². The van der Waals surface area contributed by atoms with Crippen LogP contribution in [-0.2, 0) is 11.2 Å². The molecule has 17 heavy (non-hydrogen) atoms. The number of aryl methyl sites for hydroxylation is 1. The zero-order valence-electron chi connectivity index (χ0n) is 10.5. The first kappa shape index (κ1) is 12.1. The lowest BCUT2D eigenvalue weighted by atomic mass is 10.1. The Bertz CT molecular complexity index is 476. The zero-order valence-corrected chi connectivity index (χ0v) is 10.5. The fourth-order valence-corrected chi connectivity index (χ4v) is 2.11. The van der Waals surface area contributed by atoms with Crippen LogP contribution in [0.4, 0.5) is 0 Å². The molecule has 3 heteroatoms. The number of para-hydroxylation sites is 1. The van der Waals surface area contributed by atoms with Gasteiger partial charge in [-0.25, -0.2) is 0 Å². The molecule has 0 aliphatic heterocycles. The monoisotopic (exact) mass is 232 g/mol. The second-order valence-corrected chi connectivity index (χ2v) is 4.24. The molecule has 92 valence electrons. The van der Waals surface area contributed by atoms with Crippen molar-refractivity contribution in [2.45, 2.75) is 13.3 Å². The third kappa shape index (κ3) is 2.87. The summed E-state index contributed by atoms with van der Waals surface area (Å²) in [7, 11) is 1.94. The van der Waals surface area contributed by atoms with Crippen LogP contribution in [0, 0.1) is 6.92 Å². The Balaban J connectivity index is 2.00. The van der Waals surface area contributed by atoms with Gasteiger partial charge in [0.25, 0.3) is 0 Å². The smallest absolute Gasteiger partial charge is 0.0590 e. The highest BCUT2D eigenvalue weighted by molar-refractivity contribution is 5.84. The summed E-state index contributed by atoms with van der Waals surface area (Å²) in [4.78, 5) is 3.41. The molecule has 0 atom stereocenters. The fraction of sp³-hybridized carbons (Fsp3) is 0.429. The van der Waals surface area contributed by atoms with E-state index in [0.29, 0.717) is 0 Å². The number of benzene rings is 1. The molecule has 3 nitrogen and oxygen atoms in total. The molecule has 2 rings (SSSR count). The average Bonchev–Trinajstić information content (AvgIpc) is 2.65. The standard InChI is InChI=1S/C14H20N2O/c1-11-12(7-9-17-10-8-15-2)13-5-3-4-6-14(13)16-11/h3-6,15-16H,7-10H2,1-2H3. The van der Waals surface area contributed by atoms with E-state index in [1.807, 2.05) is 7.05 Å². The Morgan fingerprint density at radius 1 is 1.24 bits per heavy atom. The third-order valence-electron chi connectivity index (χ3n) is 3.02. The normalized spacial score (nSPS) is 11.2. The fourth-order valence-electron chi connectivity index (χ4n) is 2.11. The highest BCUT2D eigenvalue weighted by atomic mass is 16.5. The molecule has 0 aliphatic rings. The number of aromatic nitrogens is 1. The number of likely N-dealkylation sites (N-methyl/N-ethyl adjacent to an activating group) is 1. The van der Waals surface area contributed by atoms with Crippen LogP contribution in [0.2, 0.25) is 0 Å². The van der Waals surface area contributed by atoms with Crippen LogP contribution in [0.5, 0.6) is 0 Å². The Kier molecular flexibility index (Phi) is 4.18. The lowest BCUT2D eigenvalue weighted by Crippen LogP contribution is -2.15. The highest BCUT2D eigenvalue weighted by Gasteiger charge is 2.06. The number of H-pyrrole nitrogens is 1. The van der Waals surface area contributed by atoms with E-state index in [1.54, 1.807) is 0 Å². The molecule has 0 bridgehead atoms. The maximum absolute atomic E-state index is 5.57. The zero-order chi connectivity index (χ0) is 12.1. The van der Waals surface area contributed by atoms with Crippen molar-refractivity contribution >= 4 is 10.9 Å². The molecule has 2 aromatic rings. The van der Waals surface area contributed by atoms with E-state index in [9.17, 15) is 0 Å². The summed E-state index contributed by atoms with van der Waals surface area (Å²) in [5.74, 6) is 0. The molecule has 0 amide bonds. The van der Waals surface area contributed by atoms with Gasteiger partial charge in [0, 0.05) is 23.1 Å². The van der Waals surface area contributed by atoms with Gasteiger partial charge in [-0.2, -0.15) is 0 Å². The van der Waals surface area contributed by atoms with Gasteiger partial charge < -0.3 is 15.0 Å². The van der Waals surface area contributed by atoms with Crippen molar-refractivity contribution in [2.24, 2.45) is 0 Å². The molecule has 0 saturated heterocycles. The number of ether oxygens (including phenoxy) is 1. The van der Waals surface area contributed by atoms with Gasteiger partial charge >= 0.3 is 0 Å². The molecule has 0 aliphatic carbocycles. The van der Waals surface area contributed by atoms with Crippen molar-refractivity contribution in [1.29, 1.82) is 0 Å². The lowest BCUT2D eigenvalue weighted by Gasteiger charge is -2.04. The topological polar surface area (TPSA) is 37.0 Å². The van der Waals surface area contributed by atoms with Crippen molar-refractivity contribution < 1.29 is 4.74 Å². The number of rotatable bonds is 6. The maximum Gasteiger partial charge on any atom is 0.0590 e. The first-order chi connectivity index (χ1) is 8.33. The molecule has 0 radical (unpaired) electrons. The average molecular weight is 232 g/mol. The predicted molar refractivity (Wildman–Crippen MR) is 71.5 cm³/mol. The van der Waals surface area contributed by atoms with Crippen molar-refractivity contribution in [2.75, 3.05) is 26.8 Å². The quantitative estimate of drug-likeness (QED) is 0.750. The first-order valence-electron chi connectivity index (χ1n) is 6.11. The lowest BCUT2D eigenvalue weighted by molar-refractivity contribution is 0.140. The number of hydrogen-bond acceptors (Lipinski definition) is 2. The molecular formula is C14H20N2O. The highest BCUT2D eigenvalue weighted by Crippen LogP contribution is 2.22. The number of nitrogens with one attached hydrogen (secondary N) is 2. The van der Waals surface area contributed by atoms with E-state index in [-0.39, 0.29) is 0 Å². The number of fused-ring (bicyclic) bond motifs is 1. The number of aromatic amines is 1. The minimum absolute atomic E-state index is 0.776. The van der Waals surface area contributed by atoms with E-state index in [0.717, 1.165) is 26.2 Å². The Morgan fingerprint density at radius 3 is 2.88 bits per heavy atom. The molecule has 0 unspecified atom stereocenters. The van der Waals surface area contributed by atoms with Crippen LogP contribution < -0.4 is 5.32 Å². The summed E-state index contributed by atoms with van der Waals surface area (Å²) in [6.07, 6.45) is 0.972. The van der Waals surface area contributed by atoms with Crippen LogP contribution in [-0.4, -0.2) is 31.8 Å². The third-order valence-corrected chi connectivity index (χ3v) is 3.02. The van der Waals surface area contributed by atoms with Crippen molar-refractivity contribution in [3.05, 3.63) is 35.5 Å². The Labute approximate surface area is 102 Å². The molecule has 1 aromatic heterocycles. The largest absolute Gasteiger partial charge is 0.380 e. The van der Waals surface area contributed by atoms with E-state index in [1.165, 1.54) is 22.2 Å².